The van der Waals surface area contributed by atoms with Crippen LogP contribution in [0.3, 0.4) is 0 Å². The van der Waals surface area contributed by atoms with E-state index in [0.717, 1.165) is 31.0 Å². The van der Waals surface area contributed by atoms with E-state index in [-0.39, 0.29) is 31.4 Å². The third-order valence-electron chi connectivity index (χ3n) is 9.77. The smallest absolute Gasteiger partial charge is 0.347 e. The average Bonchev–Trinajstić information content (AvgIpc) is 3.67. The minimum Gasteiger partial charge on any atom is -0.470 e. The highest BCUT2D eigenvalue weighted by molar-refractivity contribution is 6.99. The van der Waals surface area contributed by atoms with Crippen molar-refractivity contribution in [3.05, 3.63) is 0 Å². The van der Waals surface area contributed by atoms with Crippen LogP contribution in [0.15, 0.2) is 0 Å². The Morgan fingerprint density at radius 2 is 1.13 bits per heavy atom. The summed E-state index contributed by atoms with van der Waals surface area (Å²) in [5, 5.41) is 0. The molecular formula is C42H70N4O13S. The molecule has 0 aromatic carbocycles. The van der Waals surface area contributed by atoms with Crippen LogP contribution in [0, 0.1) is 0 Å². The first-order chi connectivity index (χ1) is 28.4. The zero-order valence-electron chi connectivity index (χ0n) is 37.3. The number of ether oxygens (including phenoxy) is 7. The van der Waals surface area contributed by atoms with Gasteiger partial charge in [-0.3, -0.25) is 9.59 Å². The summed E-state index contributed by atoms with van der Waals surface area (Å²) in [7, 11) is 0. The van der Waals surface area contributed by atoms with E-state index in [4.69, 9.17) is 33.2 Å². The Labute approximate surface area is 360 Å². The van der Waals surface area contributed by atoms with E-state index in [1.807, 2.05) is 25.7 Å². The Balaban J connectivity index is 1.81. The highest BCUT2D eigenvalue weighted by atomic mass is 32.1. The third-order valence-corrected chi connectivity index (χ3v) is 10.3. The van der Waals surface area contributed by atoms with Crippen LogP contribution in [-0.4, -0.2) is 125 Å². The molecule has 342 valence electrons. The molecule has 0 saturated carbocycles. The Hall–Kier alpha value is -4.06. The molecule has 2 rings (SSSR count). The van der Waals surface area contributed by atoms with Crippen molar-refractivity contribution in [3.8, 4) is 5.88 Å². The number of hydrogen-bond acceptors (Lipinski definition) is 17. The maximum Gasteiger partial charge on any atom is 0.347 e. The molecular weight excluding hydrogens is 801 g/mol. The molecule has 17 nitrogen and oxygen atoms in total. The molecule has 0 radical (unpaired) electrons. The highest BCUT2D eigenvalue weighted by Gasteiger charge is 2.34. The van der Waals surface area contributed by atoms with E-state index < -0.39 is 65.9 Å². The van der Waals surface area contributed by atoms with Crippen molar-refractivity contribution in [1.29, 1.82) is 0 Å². The Morgan fingerprint density at radius 1 is 0.683 bits per heavy atom. The van der Waals surface area contributed by atoms with Gasteiger partial charge in [0.25, 0.3) is 5.88 Å². The lowest BCUT2D eigenvalue weighted by Gasteiger charge is -2.37. The number of carbonyl (C=O) groups is 6. The monoisotopic (exact) mass is 870 g/mol. The molecule has 1 amide bonds. The number of carbonyl (C=O) groups excluding carboxylic acids is 6. The second kappa shape index (κ2) is 27.7. The molecule has 18 heteroatoms. The fraction of sp³-hybridized carbons (Fsp3) is 0.810. The number of amides is 1. The topological polar surface area (TPSA) is 199 Å². The molecule has 1 fully saturated rings. The third kappa shape index (κ3) is 20.0. The molecule has 0 spiro atoms. The van der Waals surface area contributed by atoms with Gasteiger partial charge in [0.15, 0.2) is 30.5 Å². The number of esters is 5. The normalized spacial score (nSPS) is 15.4. The van der Waals surface area contributed by atoms with Gasteiger partial charge in [0.05, 0.1) is 31.5 Å². The van der Waals surface area contributed by atoms with Gasteiger partial charge in [-0.25, -0.2) is 19.2 Å². The molecule has 0 bridgehead atoms. The van der Waals surface area contributed by atoms with Gasteiger partial charge in [0, 0.05) is 32.0 Å². The number of rotatable bonds is 28. The first-order valence-electron chi connectivity index (χ1n) is 21.5. The lowest BCUT2D eigenvalue weighted by Crippen LogP contribution is -2.50. The van der Waals surface area contributed by atoms with Crippen molar-refractivity contribution in [2.75, 3.05) is 44.4 Å². The molecule has 1 aliphatic rings. The number of morpholine rings is 1. The highest BCUT2D eigenvalue weighted by Crippen LogP contribution is 2.27. The molecule has 0 aliphatic carbocycles. The van der Waals surface area contributed by atoms with Gasteiger partial charge in [0.1, 0.15) is 6.61 Å². The zero-order chi connectivity index (χ0) is 44.7. The van der Waals surface area contributed by atoms with Gasteiger partial charge in [-0.05, 0) is 54.9 Å². The van der Waals surface area contributed by atoms with Gasteiger partial charge >= 0.3 is 29.8 Å². The van der Waals surface area contributed by atoms with Crippen LogP contribution in [0.2, 0.25) is 0 Å². The molecule has 0 unspecified atom stereocenters. The van der Waals surface area contributed by atoms with Crippen molar-refractivity contribution < 1.29 is 61.9 Å². The summed E-state index contributed by atoms with van der Waals surface area (Å²) in [5.41, 5.74) is -0.630. The summed E-state index contributed by atoms with van der Waals surface area (Å²) in [6, 6.07) is 0. The van der Waals surface area contributed by atoms with Crippen LogP contribution in [-0.2, 0) is 57.2 Å². The Bertz CT molecular complexity index is 1480. The summed E-state index contributed by atoms with van der Waals surface area (Å²) in [6.07, 6.45) is 7.42. The predicted molar refractivity (Wildman–Crippen MR) is 223 cm³/mol. The van der Waals surface area contributed by atoms with Crippen molar-refractivity contribution in [2.24, 2.45) is 0 Å². The molecule has 0 N–H and O–H groups in total. The lowest BCUT2D eigenvalue weighted by molar-refractivity contribution is -0.186. The summed E-state index contributed by atoms with van der Waals surface area (Å²) >= 11 is 0.966. The zero-order valence-corrected chi connectivity index (χ0v) is 38.1. The first-order valence-corrected chi connectivity index (χ1v) is 22.2. The second-order valence-corrected chi connectivity index (χ2v) is 16.7. The second-order valence-electron chi connectivity index (χ2n) is 16.2. The number of hydrogen-bond donors (Lipinski definition) is 0. The molecule has 60 heavy (non-hydrogen) atoms. The number of unbranched alkanes of at least 4 members (excludes halogenated alkanes) is 11. The minimum atomic E-state index is -1.50. The lowest BCUT2D eigenvalue weighted by atomic mass is 10.0. The molecule has 5 atom stereocenters. The van der Waals surface area contributed by atoms with Crippen molar-refractivity contribution in [3.63, 3.8) is 0 Å². The molecule has 1 aliphatic heterocycles. The maximum absolute atomic E-state index is 13.2. The minimum absolute atomic E-state index is 0.0441. The Kier molecular flexibility index (Phi) is 24.1. The van der Waals surface area contributed by atoms with E-state index in [1.54, 1.807) is 0 Å². The fourth-order valence-electron chi connectivity index (χ4n) is 6.24. The largest absolute Gasteiger partial charge is 0.470 e. The SMILES string of the molecule is CCCCCCCCCCCCCCC(=O)O[C@@H](C)C(=O)O[C@@H](C)C(=O)O[C@@H](C)C(=O)O[C@@H](C)C(=O)O[C@H](COc1nsnc1N1CCOCC1)CN(C(C)=O)C(C)(C)C. The maximum atomic E-state index is 13.2. The first kappa shape index (κ1) is 52.1. The average molecular weight is 871 g/mol. The van der Waals surface area contributed by atoms with Crippen LogP contribution in [0.5, 0.6) is 5.88 Å². The molecule has 1 aromatic rings. The van der Waals surface area contributed by atoms with Crippen LogP contribution in [0.1, 0.15) is 146 Å². The number of aromatic nitrogens is 2. The molecule has 1 saturated heterocycles. The Morgan fingerprint density at radius 3 is 1.60 bits per heavy atom. The molecule has 1 aromatic heterocycles. The van der Waals surface area contributed by atoms with E-state index >= 15 is 0 Å². The van der Waals surface area contributed by atoms with Crippen LogP contribution in [0.25, 0.3) is 0 Å². The van der Waals surface area contributed by atoms with E-state index in [9.17, 15) is 28.8 Å². The van der Waals surface area contributed by atoms with Gasteiger partial charge in [-0.15, -0.1) is 4.37 Å². The van der Waals surface area contributed by atoms with E-state index in [1.165, 1.54) is 90.9 Å². The number of nitrogens with zero attached hydrogens (tertiary/aromatic N) is 4. The van der Waals surface area contributed by atoms with Gasteiger partial charge in [-0.1, -0.05) is 77.6 Å². The van der Waals surface area contributed by atoms with Crippen LogP contribution < -0.4 is 9.64 Å². The summed E-state index contributed by atoms with van der Waals surface area (Å²) in [4.78, 5) is 79.8. The predicted octanol–water partition coefficient (Wildman–Crippen LogP) is 6.13. The number of anilines is 1. The summed E-state index contributed by atoms with van der Waals surface area (Å²) in [6.45, 7) is 16.2. The summed E-state index contributed by atoms with van der Waals surface area (Å²) < 4.78 is 46.4. The summed E-state index contributed by atoms with van der Waals surface area (Å²) in [5.74, 6) is -4.05. The van der Waals surface area contributed by atoms with Crippen LogP contribution in [0.4, 0.5) is 5.82 Å². The van der Waals surface area contributed by atoms with Crippen molar-refractivity contribution in [1.82, 2.24) is 13.6 Å². The quantitative estimate of drug-likeness (QED) is 0.0529. The van der Waals surface area contributed by atoms with Crippen LogP contribution >= 0.6 is 11.7 Å². The fourth-order valence-corrected chi connectivity index (χ4v) is 6.76. The molecule has 2 heterocycles. The van der Waals surface area contributed by atoms with Gasteiger partial charge < -0.3 is 43.0 Å². The standard InChI is InChI=1S/C42H70N4O13S/c1-10-11-12-13-14-15-16-17-18-19-20-21-22-35(48)55-29(2)38(49)56-30(3)39(50)57-31(4)40(51)58-32(5)41(52)59-34(27-46(33(6)47)42(7,8)9)28-54-37-36(43-60-44-37)45-23-25-53-26-24-45/h29-32,34H,10-28H2,1-9H3/t29-,30-,31-,32-,34-/m0/s1. The van der Waals surface area contributed by atoms with Crippen molar-refractivity contribution >= 4 is 53.3 Å². The van der Waals surface area contributed by atoms with E-state index in [0.29, 0.717) is 38.5 Å². The van der Waals surface area contributed by atoms with Gasteiger partial charge in [0.2, 0.25) is 11.7 Å². The van der Waals surface area contributed by atoms with Gasteiger partial charge in [-0.2, -0.15) is 4.37 Å². The van der Waals surface area contributed by atoms with E-state index in [2.05, 4.69) is 15.7 Å². The van der Waals surface area contributed by atoms with Crippen molar-refractivity contribution in [2.45, 2.75) is 182 Å².